The van der Waals surface area contributed by atoms with Gasteiger partial charge in [0.05, 0.1) is 6.61 Å². The maximum atomic E-state index is 12.6. The maximum Gasteiger partial charge on any atom is 0.508 e. The summed E-state index contributed by atoms with van der Waals surface area (Å²) >= 11 is 0. The number of hydrogen-bond acceptors (Lipinski definition) is 10. The van der Waals surface area contributed by atoms with Gasteiger partial charge in [0.25, 0.3) is 0 Å². The Morgan fingerprint density at radius 3 is 1.84 bits per heavy atom. The second-order valence-electron chi connectivity index (χ2n) is 10.1. The van der Waals surface area contributed by atoms with Crippen molar-refractivity contribution in [1.82, 2.24) is 0 Å². The molecule has 1 aromatic carbocycles. The molecule has 1 unspecified atom stereocenters. The summed E-state index contributed by atoms with van der Waals surface area (Å²) in [5.74, 6) is -0.727. The number of benzene rings is 1. The van der Waals surface area contributed by atoms with E-state index < -0.39 is 42.3 Å². The topological polar surface area (TPSA) is 140 Å². The van der Waals surface area contributed by atoms with Crippen LogP contribution >= 0.6 is 0 Å². The molecule has 0 fully saturated rings. The van der Waals surface area contributed by atoms with Crippen molar-refractivity contribution >= 4 is 24.1 Å². The fraction of sp³-hybridized carbons (Fsp3) is 0.643. The fourth-order valence-corrected chi connectivity index (χ4v) is 3.11. The SMILES string of the molecule is CCOC(=O)OC(C)[C@H](C)OC(=O)[C@@H](N)Cc1ccc(OC(=O)CCC(C)C)c(OC(=O)CCC(C)C)c1. The van der Waals surface area contributed by atoms with Crippen LogP contribution in [0.25, 0.3) is 0 Å². The number of rotatable bonds is 15. The van der Waals surface area contributed by atoms with E-state index in [4.69, 9.17) is 29.4 Å². The van der Waals surface area contributed by atoms with E-state index in [1.165, 1.54) is 12.1 Å². The van der Waals surface area contributed by atoms with E-state index in [-0.39, 0.29) is 37.4 Å². The van der Waals surface area contributed by atoms with Crippen LogP contribution in [0.15, 0.2) is 18.2 Å². The number of carbonyl (C=O) groups is 4. The molecular weight excluding hydrogens is 494 g/mol. The molecule has 214 valence electrons. The average molecular weight is 538 g/mol. The van der Waals surface area contributed by atoms with Crippen LogP contribution < -0.4 is 15.2 Å². The van der Waals surface area contributed by atoms with Gasteiger partial charge in [-0.3, -0.25) is 14.4 Å². The molecule has 2 N–H and O–H groups in total. The van der Waals surface area contributed by atoms with E-state index in [2.05, 4.69) is 0 Å². The van der Waals surface area contributed by atoms with Gasteiger partial charge in [-0.05, 0) is 69.6 Å². The molecule has 0 amide bonds. The Balaban J connectivity index is 2.93. The molecule has 0 aliphatic rings. The molecule has 3 atom stereocenters. The summed E-state index contributed by atoms with van der Waals surface area (Å²) in [5.41, 5.74) is 6.64. The first-order chi connectivity index (χ1) is 17.8. The van der Waals surface area contributed by atoms with Gasteiger partial charge >= 0.3 is 24.1 Å². The molecule has 0 aliphatic carbocycles. The molecular formula is C28H43NO9. The Morgan fingerprint density at radius 2 is 1.32 bits per heavy atom. The highest BCUT2D eigenvalue weighted by molar-refractivity contribution is 5.77. The molecule has 0 aromatic heterocycles. The number of nitrogens with two attached hydrogens (primary N) is 1. The van der Waals surface area contributed by atoms with Crippen LogP contribution in [0.4, 0.5) is 4.79 Å². The van der Waals surface area contributed by atoms with E-state index in [1.807, 2.05) is 27.7 Å². The quantitative estimate of drug-likeness (QED) is 0.246. The van der Waals surface area contributed by atoms with Crippen molar-refractivity contribution in [1.29, 1.82) is 0 Å². The van der Waals surface area contributed by atoms with E-state index in [1.54, 1.807) is 26.8 Å². The third-order valence-electron chi connectivity index (χ3n) is 5.57. The lowest BCUT2D eigenvalue weighted by Crippen LogP contribution is -2.39. The molecule has 0 spiro atoms. The molecule has 1 aromatic rings. The normalized spacial score (nSPS) is 13.4. The Kier molecular flexibility index (Phi) is 14.4. The lowest BCUT2D eigenvalue weighted by Gasteiger charge is -2.22. The summed E-state index contributed by atoms with van der Waals surface area (Å²) < 4.78 is 26.1. The first kappa shape index (κ1) is 32.9. The van der Waals surface area contributed by atoms with Gasteiger partial charge in [0.2, 0.25) is 0 Å². The second-order valence-corrected chi connectivity index (χ2v) is 10.1. The molecule has 38 heavy (non-hydrogen) atoms. The summed E-state index contributed by atoms with van der Waals surface area (Å²) in [5, 5.41) is 0. The smallest absolute Gasteiger partial charge is 0.458 e. The number of carbonyl (C=O) groups excluding carboxylic acids is 4. The van der Waals surface area contributed by atoms with Gasteiger partial charge in [0.1, 0.15) is 18.2 Å². The number of ether oxygens (including phenoxy) is 5. The third-order valence-corrected chi connectivity index (χ3v) is 5.57. The van der Waals surface area contributed by atoms with Crippen molar-refractivity contribution in [2.24, 2.45) is 17.6 Å². The van der Waals surface area contributed by atoms with E-state index in [9.17, 15) is 19.2 Å². The van der Waals surface area contributed by atoms with Crippen LogP contribution in [0.5, 0.6) is 11.5 Å². The lowest BCUT2D eigenvalue weighted by atomic mass is 10.1. The zero-order valence-electron chi connectivity index (χ0n) is 23.6. The van der Waals surface area contributed by atoms with Gasteiger partial charge in [0.15, 0.2) is 11.5 Å². The first-order valence-electron chi connectivity index (χ1n) is 13.2. The minimum Gasteiger partial charge on any atom is -0.458 e. The minimum atomic E-state index is -1.05. The third kappa shape index (κ3) is 12.9. The molecule has 1 rings (SSSR count). The molecule has 0 aliphatic heterocycles. The molecule has 0 radical (unpaired) electrons. The average Bonchev–Trinajstić information content (AvgIpc) is 2.82. The summed E-state index contributed by atoms with van der Waals surface area (Å²) in [7, 11) is 0. The number of esters is 3. The van der Waals surface area contributed by atoms with Crippen LogP contribution in [0.1, 0.15) is 79.7 Å². The zero-order valence-corrected chi connectivity index (χ0v) is 23.6. The summed E-state index contributed by atoms with van der Waals surface area (Å²) in [6.07, 6.45) is -0.542. The lowest BCUT2D eigenvalue weighted by molar-refractivity contribution is -0.155. The van der Waals surface area contributed by atoms with Crippen molar-refractivity contribution < 1.29 is 42.9 Å². The predicted octanol–water partition coefficient (Wildman–Crippen LogP) is 4.73. The minimum absolute atomic E-state index is 0.0663. The summed E-state index contributed by atoms with van der Waals surface area (Å²) in [6.45, 7) is 13.0. The summed E-state index contributed by atoms with van der Waals surface area (Å²) in [4.78, 5) is 48.7. The van der Waals surface area contributed by atoms with Crippen LogP contribution in [-0.4, -0.2) is 48.9 Å². The monoisotopic (exact) mass is 537 g/mol. The molecule has 0 saturated heterocycles. The van der Waals surface area contributed by atoms with Crippen LogP contribution in [-0.2, 0) is 35.0 Å². The van der Waals surface area contributed by atoms with Crippen molar-refractivity contribution in [3.8, 4) is 11.5 Å². The predicted molar refractivity (Wildman–Crippen MR) is 141 cm³/mol. The Morgan fingerprint density at radius 1 is 0.789 bits per heavy atom. The Bertz CT molecular complexity index is 929. The van der Waals surface area contributed by atoms with Crippen molar-refractivity contribution in [2.75, 3.05) is 6.61 Å². The molecule has 0 heterocycles. The van der Waals surface area contributed by atoms with E-state index in [0.717, 1.165) is 0 Å². The second kappa shape index (κ2) is 16.7. The highest BCUT2D eigenvalue weighted by Gasteiger charge is 2.25. The maximum absolute atomic E-state index is 12.6. The largest absolute Gasteiger partial charge is 0.508 e. The van der Waals surface area contributed by atoms with Gasteiger partial charge in [0, 0.05) is 12.8 Å². The zero-order chi connectivity index (χ0) is 28.8. The van der Waals surface area contributed by atoms with Crippen molar-refractivity contribution in [2.45, 2.75) is 98.8 Å². The summed E-state index contributed by atoms with van der Waals surface area (Å²) in [6, 6.07) is 3.64. The Hall–Kier alpha value is -3.14. The van der Waals surface area contributed by atoms with Crippen LogP contribution in [0, 0.1) is 11.8 Å². The molecule has 10 nitrogen and oxygen atoms in total. The van der Waals surface area contributed by atoms with E-state index >= 15 is 0 Å². The highest BCUT2D eigenvalue weighted by Crippen LogP contribution is 2.30. The van der Waals surface area contributed by atoms with Crippen LogP contribution in [0.2, 0.25) is 0 Å². The van der Waals surface area contributed by atoms with Crippen LogP contribution in [0.3, 0.4) is 0 Å². The Labute approximate surface area is 225 Å². The highest BCUT2D eigenvalue weighted by atomic mass is 16.7. The van der Waals surface area contributed by atoms with Crippen molar-refractivity contribution in [3.05, 3.63) is 23.8 Å². The van der Waals surface area contributed by atoms with Gasteiger partial charge in [-0.15, -0.1) is 0 Å². The van der Waals surface area contributed by atoms with Crippen molar-refractivity contribution in [3.63, 3.8) is 0 Å². The fourth-order valence-electron chi connectivity index (χ4n) is 3.11. The first-order valence-corrected chi connectivity index (χ1v) is 13.2. The van der Waals surface area contributed by atoms with E-state index in [0.29, 0.717) is 30.2 Å². The van der Waals surface area contributed by atoms with Gasteiger partial charge in [-0.25, -0.2) is 4.79 Å². The van der Waals surface area contributed by atoms with Gasteiger partial charge in [-0.1, -0.05) is 33.8 Å². The standard InChI is InChI=1S/C28H43NO9/c1-8-34-28(33)36-20(7)19(6)35-27(32)22(29)15-21-11-12-23(37-25(30)13-9-17(2)3)24(16-21)38-26(31)14-10-18(4)5/h11-12,16-20,22H,8-10,13-15,29H2,1-7H3/t19-,20?,22-/m0/s1. The number of hydrogen-bond donors (Lipinski definition) is 1. The van der Waals surface area contributed by atoms with Gasteiger partial charge < -0.3 is 29.4 Å². The van der Waals surface area contributed by atoms with Gasteiger partial charge in [-0.2, -0.15) is 0 Å². The molecule has 10 heteroatoms. The molecule has 0 saturated carbocycles. The molecule has 0 bridgehead atoms.